The van der Waals surface area contributed by atoms with Crippen molar-refractivity contribution in [2.24, 2.45) is 7.05 Å². The van der Waals surface area contributed by atoms with E-state index >= 15 is 0 Å². The molecule has 1 aromatic heterocycles. The second-order valence-electron chi connectivity index (χ2n) is 3.10. The Balaban J connectivity index is 2.83. The Hall–Kier alpha value is 0.610. The van der Waals surface area contributed by atoms with Crippen LogP contribution in [0.4, 0.5) is 0 Å². The number of nitrogens with zero attached hydrogens (tertiary/aromatic N) is 1. The van der Waals surface area contributed by atoms with E-state index in [0.717, 1.165) is 0 Å². The van der Waals surface area contributed by atoms with Gasteiger partial charge < -0.3 is 0 Å². The first-order chi connectivity index (χ1) is 6.26. The van der Waals surface area contributed by atoms with Crippen molar-refractivity contribution in [2.75, 3.05) is 8.86 Å². The molecule has 0 saturated carbocycles. The van der Waals surface area contributed by atoms with Crippen molar-refractivity contribution >= 4 is 45.2 Å². The van der Waals surface area contributed by atoms with Crippen molar-refractivity contribution in [1.29, 1.82) is 0 Å². The largest absolute Gasteiger partial charge is 0.207 e. The molecule has 0 N–H and O–H groups in total. The molecule has 0 aromatic carbocycles. The summed E-state index contributed by atoms with van der Waals surface area (Å²) in [5.74, 6) is 0. The minimum absolute atomic E-state index is 1.18. The van der Waals surface area contributed by atoms with Gasteiger partial charge in [0.2, 0.25) is 0 Å². The molecule has 72 valence electrons. The zero-order chi connectivity index (χ0) is 9.68. The van der Waals surface area contributed by atoms with Crippen LogP contribution in [-0.4, -0.2) is 8.86 Å². The third-order valence-corrected chi connectivity index (χ3v) is 2.95. The Morgan fingerprint density at radius 1 is 1.08 bits per heavy atom. The smallest absolute Gasteiger partial charge is 0.171 e. The molecule has 0 aliphatic heterocycles. The molecule has 1 nitrogen and oxygen atoms in total. The van der Waals surface area contributed by atoms with E-state index in [-0.39, 0.29) is 0 Å². The monoisotopic (exact) mass is 402 g/mol. The van der Waals surface area contributed by atoms with Crippen molar-refractivity contribution in [3.63, 3.8) is 0 Å². The Bertz CT molecular complexity index is 249. The van der Waals surface area contributed by atoms with Gasteiger partial charge in [-0.1, -0.05) is 45.2 Å². The molecule has 3 heteroatoms. The number of halogens is 2. The molecule has 1 aromatic rings. The van der Waals surface area contributed by atoms with Crippen LogP contribution >= 0.6 is 45.2 Å². The fourth-order valence-electron chi connectivity index (χ4n) is 1.36. The van der Waals surface area contributed by atoms with Gasteiger partial charge in [0.05, 0.1) is 0 Å². The SMILES string of the molecule is C[n+]1cc(CCI)cc(CCI)c1. The summed E-state index contributed by atoms with van der Waals surface area (Å²) in [6.45, 7) is 0. The molecule has 0 radical (unpaired) electrons. The average molecular weight is 402 g/mol. The topological polar surface area (TPSA) is 3.88 Å². The average Bonchev–Trinajstić information content (AvgIpc) is 2.04. The van der Waals surface area contributed by atoms with Crippen LogP contribution < -0.4 is 4.57 Å². The van der Waals surface area contributed by atoms with Gasteiger partial charge in [0.1, 0.15) is 7.05 Å². The first-order valence-corrected chi connectivity index (χ1v) is 7.41. The molecule has 0 spiro atoms. The van der Waals surface area contributed by atoms with E-state index in [1.54, 1.807) is 0 Å². The molecule has 1 rings (SSSR count). The summed E-state index contributed by atoms with van der Waals surface area (Å²) in [4.78, 5) is 0. The second-order valence-corrected chi connectivity index (χ2v) is 5.25. The molecule has 0 fully saturated rings. The van der Waals surface area contributed by atoms with E-state index < -0.39 is 0 Å². The summed E-state index contributed by atoms with van der Waals surface area (Å²) >= 11 is 4.85. The molecule has 0 aliphatic rings. The zero-order valence-electron chi connectivity index (χ0n) is 7.76. The van der Waals surface area contributed by atoms with Gasteiger partial charge in [-0.25, -0.2) is 4.57 Å². The molecule has 0 atom stereocenters. The van der Waals surface area contributed by atoms with Gasteiger partial charge >= 0.3 is 0 Å². The predicted octanol–water partition coefficient (Wildman–Crippen LogP) is 2.47. The molecule has 0 bridgehead atoms. The first-order valence-electron chi connectivity index (χ1n) is 4.36. The van der Waals surface area contributed by atoms with Gasteiger partial charge in [0.25, 0.3) is 0 Å². The summed E-state index contributed by atoms with van der Waals surface area (Å²) in [6, 6.07) is 2.33. The maximum absolute atomic E-state index is 2.42. The van der Waals surface area contributed by atoms with Crippen LogP contribution in [0.2, 0.25) is 0 Å². The van der Waals surface area contributed by atoms with E-state index in [0.29, 0.717) is 0 Å². The van der Waals surface area contributed by atoms with Crippen LogP contribution in [-0.2, 0) is 19.9 Å². The number of rotatable bonds is 4. The fraction of sp³-hybridized carbons (Fsp3) is 0.500. The van der Waals surface area contributed by atoms with E-state index in [1.165, 1.54) is 32.8 Å². The molecule has 13 heavy (non-hydrogen) atoms. The third-order valence-electron chi connectivity index (χ3n) is 1.88. The fourth-order valence-corrected chi connectivity index (χ4v) is 2.61. The predicted molar refractivity (Wildman–Crippen MR) is 72.8 cm³/mol. The van der Waals surface area contributed by atoms with Crippen molar-refractivity contribution in [1.82, 2.24) is 0 Å². The van der Waals surface area contributed by atoms with E-state index in [9.17, 15) is 0 Å². The second kappa shape index (κ2) is 6.16. The summed E-state index contributed by atoms with van der Waals surface area (Å²) in [5.41, 5.74) is 2.92. The lowest BCUT2D eigenvalue weighted by molar-refractivity contribution is -0.672. The number of hydrogen-bond acceptors (Lipinski definition) is 0. The first kappa shape index (κ1) is 11.7. The van der Waals surface area contributed by atoms with Crippen LogP contribution in [0.15, 0.2) is 18.5 Å². The summed E-state index contributed by atoms with van der Waals surface area (Å²) < 4.78 is 4.57. The Labute approximate surface area is 107 Å². The van der Waals surface area contributed by atoms with Crippen LogP contribution in [0.25, 0.3) is 0 Å². The minimum atomic E-state index is 1.18. The van der Waals surface area contributed by atoms with Crippen LogP contribution in [0.5, 0.6) is 0 Å². The lowest BCUT2D eigenvalue weighted by Crippen LogP contribution is -2.28. The van der Waals surface area contributed by atoms with Crippen molar-refractivity contribution in [2.45, 2.75) is 12.8 Å². The molecular formula is C10H14I2N+. The van der Waals surface area contributed by atoms with Crippen LogP contribution in [0.3, 0.4) is 0 Å². The van der Waals surface area contributed by atoms with E-state index in [1.807, 2.05) is 0 Å². The molecule has 0 aliphatic carbocycles. The van der Waals surface area contributed by atoms with Gasteiger partial charge in [-0.05, 0) is 18.9 Å². The quantitative estimate of drug-likeness (QED) is 0.414. The van der Waals surface area contributed by atoms with E-state index in [2.05, 4.69) is 75.3 Å². The summed E-state index contributed by atoms with van der Waals surface area (Å²) in [7, 11) is 2.10. The molecule has 0 unspecified atom stereocenters. The highest BCUT2D eigenvalue weighted by molar-refractivity contribution is 14.1. The highest BCUT2D eigenvalue weighted by atomic mass is 127. The number of pyridine rings is 1. The third kappa shape index (κ3) is 4.10. The Morgan fingerprint density at radius 2 is 1.54 bits per heavy atom. The summed E-state index contributed by atoms with van der Waals surface area (Å²) in [6.07, 6.45) is 6.80. The molecule has 0 amide bonds. The Morgan fingerprint density at radius 3 is 1.92 bits per heavy atom. The minimum Gasteiger partial charge on any atom is -0.207 e. The number of aryl methyl sites for hydroxylation is 3. The van der Waals surface area contributed by atoms with Crippen molar-refractivity contribution in [3.05, 3.63) is 29.6 Å². The van der Waals surface area contributed by atoms with Crippen molar-refractivity contribution in [3.8, 4) is 0 Å². The zero-order valence-corrected chi connectivity index (χ0v) is 12.1. The van der Waals surface area contributed by atoms with Crippen molar-refractivity contribution < 1.29 is 4.57 Å². The maximum Gasteiger partial charge on any atom is 0.171 e. The lowest BCUT2D eigenvalue weighted by Gasteiger charge is -2.00. The Kier molecular flexibility index (Phi) is 5.54. The molecule has 1 heterocycles. The summed E-state index contributed by atoms with van der Waals surface area (Å²) in [5, 5.41) is 0. The normalized spacial score (nSPS) is 10.4. The van der Waals surface area contributed by atoms with Gasteiger partial charge in [-0.3, -0.25) is 0 Å². The van der Waals surface area contributed by atoms with Gasteiger partial charge in [-0.15, -0.1) is 0 Å². The number of alkyl halides is 2. The standard InChI is InChI=1S/C10H14I2N/c1-13-7-9(2-4-11)6-10(8-13)3-5-12/h6-8H,2-5H2,1H3/q+1. The lowest BCUT2D eigenvalue weighted by atomic mass is 10.1. The van der Waals surface area contributed by atoms with Gasteiger partial charge in [0.15, 0.2) is 12.4 Å². The van der Waals surface area contributed by atoms with Crippen LogP contribution in [0.1, 0.15) is 11.1 Å². The maximum atomic E-state index is 2.42. The highest BCUT2D eigenvalue weighted by Gasteiger charge is 2.03. The van der Waals surface area contributed by atoms with Gasteiger partial charge in [0, 0.05) is 20.0 Å². The number of aromatic nitrogens is 1. The molecular weight excluding hydrogens is 388 g/mol. The number of hydrogen-bond donors (Lipinski definition) is 0. The van der Waals surface area contributed by atoms with E-state index in [4.69, 9.17) is 0 Å². The van der Waals surface area contributed by atoms with Gasteiger partial charge in [-0.2, -0.15) is 0 Å². The highest BCUT2D eigenvalue weighted by Crippen LogP contribution is 2.05. The molecule has 0 saturated heterocycles. The van der Waals surface area contributed by atoms with Crippen LogP contribution in [0, 0.1) is 0 Å².